The zero-order valence-corrected chi connectivity index (χ0v) is 11.0. The fraction of sp³-hybridized carbons (Fsp3) is 0.500. The van der Waals surface area contributed by atoms with Crippen molar-refractivity contribution in [3.8, 4) is 0 Å². The van der Waals surface area contributed by atoms with Gasteiger partial charge in [-0.3, -0.25) is 0 Å². The molecule has 0 aromatic rings. The topological polar surface area (TPSA) is 0 Å². The molecule has 2 aliphatic rings. The molecule has 0 aromatic carbocycles. The van der Waals surface area contributed by atoms with E-state index < -0.39 is 0 Å². The first-order valence-corrected chi connectivity index (χ1v) is 6.34. The van der Waals surface area contributed by atoms with E-state index in [9.17, 15) is 0 Å². The van der Waals surface area contributed by atoms with Crippen LogP contribution >= 0.6 is 0 Å². The van der Waals surface area contributed by atoms with Crippen molar-refractivity contribution in [2.75, 3.05) is 0 Å². The molecule has 0 fully saturated rings. The van der Waals surface area contributed by atoms with E-state index in [0.717, 1.165) is 12.8 Å². The highest BCUT2D eigenvalue weighted by Crippen LogP contribution is 2.17. The Kier molecular flexibility index (Phi) is 5.31. The van der Waals surface area contributed by atoms with Gasteiger partial charge in [0.15, 0.2) is 0 Å². The minimum atomic E-state index is 0. The summed E-state index contributed by atoms with van der Waals surface area (Å²) in [7, 11) is 0. The summed E-state index contributed by atoms with van der Waals surface area (Å²) in [5.41, 5.74) is 2.98. The second-order valence-corrected chi connectivity index (χ2v) is 4.99. The van der Waals surface area contributed by atoms with Crippen molar-refractivity contribution in [2.24, 2.45) is 11.8 Å². The van der Waals surface area contributed by atoms with Gasteiger partial charge in [0.25, 0.3) is 0 Å². The molecule has 0 N–H and O–H groups in total. The van der Waals surface area contributed by atoms with Gasteiger partial charge in [0.05, 0.1) is 0 Å². The van der Waals surface area contributed by atoms with E-state index in [0.29, 0.717) is 11.8 Å². The Morgan fingerprint density at radius 3 is 1.31 bits per heavy atom. The van der Waals surface area contributed by atoms with Crippen LogP contribution in [0, 0.1) is 11.8 Å². The Hall–Kier alpha value is -1.04. The van der Waals surface area contributed by atoms with Gasteiger partial charge in [-0.2, -0.15) is 0 Å². The van der Waals surface area contributed by atoms with Crippen LogP contribution in [0.25, 0.3) is 0 Å². The van der Waals surface area contributed by atoms with Crippen molar-refractivity contribution >= 4 is 0 Å². The van der Waals surface area contributed by atoms with Crippen molar-refractivity contribution in [2.45, 2.75) is 40.5 Å². The fourth-order valence-corrected chi connectivity index (χ4v) is 1.81. The van der Waals surface area contributed by atoms with Gasteiger partial charge in [0, 0.05) is 2.85 Å². The lowest BCUT2D eigenvalue weighted by Gasteiger charge is -1.99. The molecule has 0 spiro atoms. The molecule has 92 valence electrons. The number of hydrogen-bond donors (Lipinski definition) is 0. The van der Waals surface area contributed by atoms with E-state index in [2.05, 4.69) is 64.2 Å². The molecule has 0 bridgehead atoms. The third-order valence-corrected chi connectivity index (χ3v) is 2.93. The molecule has 0 unspecified atom stereocenters. The molecule has 2 rings (SSSR count). The SMILES string of the molecule is CC(C)C1=CCC=C1.CC(C)C1=CCC=C1.[HH].[HH]. The van der Waals surface area contributed by atoms with E-state index in [-0.39, 0.29) is 2.85 Å². The molecular formula is C16H28. The van der Waals surface area contributed by atoms with Gasteiger partial charge >= 0.3 is 0 Å². The standard InChI is InChI=1S/2C8H12.2H2/c2*1-7(2)8-5-3-4-6-8;;/h2*3,5-7H,4H2,1-2H3;2*1H. The van der Waals surface area contributed by atoms with E-state index in [1.54, 1.807) is 0 Å². The summed E-state index contributed by atoms with van der Waals surface area (Å²) in [5, 5.41) is 0. The van der Waals surface area contributed by atoms with Crippen LogP contribution < -0.4 is 0 Å². The van der Waals surface area contributed by atoms with Gasteiger partial charge in [-0.05, 0) is 35.8 Å². The van der Waals surface area contributed by atoms with Crippen LogP contribution in [0.3, 0.4) is 0 Å². The lowest BCUT2D eigenvalue weighted by Crippen LogP contribution is -1.85. The molecule has 0 heteroatoms. The zero-order chi connectivity index (χ0) is 12.0. The lowest BCUT2D eigenvalue weighted by molar-refractivity contribution is 0.793. The molecule has 0 heterocycles. The third kappa shape index (κ3) is 4.22. The molecule has 0 aromatic heterocycles. The number of rotatable bonds is 2. The van der Waals surface area contributed by atoms with Crippen molar-refractivity contribution in [1.82, 2.24) is 0 Å². The first-order chi connectivity index (χ1) is 7.61. The molecule has 0 saturated carbocycles. The van der Waals surface area contributed by atoms with Gasteiger partial charge in [-0.1, -0.05) is 64.2 Å². The summed E-state index contributed by atoms with van der Waals surface area (Å²) < 4.78 is 0. The second kappa shape index (κ2) is 6.52. The van der Waals surface area contributed by atoms with Crippen LogP contribution in [0.15, 0.2) is 47.6 Å². The van der Waals surface area contributed by atoms with Crippen LogP contribution in [0.1, 0.15) is 43.4 Å². The molecule has 16 heavy (non-hydrogen) atoms. The molecule has 0 atom stereocenters. The average Bonchev–Trinajstić information content (AvgIpc) is 2.93. The van der Waals surface area contributed by atoms with Crippen molar-refractivity contribution in [3.05, 3.63) is 47.6 Å². The Morgan fingerprint density at radius 1 is 0.812 bits per heavy atom. The summed E-state index contributed by atoms with van der Waals surface area (Å²) >= 11 is 0. The highest BCUT2D eigenvalue weighted by molar-refractivity contribution is 5.27. The highest BCUT2D eigenvalue weighted by atomic mass is 14.1. The van der Waals surface area contributed by atoms with E-state index in [1.807, 2.05) is 0 Å². The fourth-order valence-electron chi connectivity index (χ4n) is 1.81. The summed E-state index contributed by atoms with van der Waals surface area (Å²) in [4.78, 5) is 0. The Morgan fingerprint density at radius 2 is 1.19 bits per heavy atom. The second-order valence-electron chi connectivity index (χ2n) is 4.99. The molecule has 0 radical (unpaired) electrons. The van der Waals surface area contributed by atoms with E-state index in [1.165, 1.54) is 11.1 Å². The molecular weight excluding hydrogens is 192 g/mol. The summed E-state index contributed by atoms with van der Waals surface area (Å²) in [5.74, 6) is 1.43. The number of hydrogen-bond acceptors (Lipinski definition) is 0. The minimum absolute atomic E-state index is 0. The van der Waals surface area contributed by atoms with Crippen molar-refractivity contribution in [1.29, 1.82) is 0 Å². The van der Waals surface area contributed by atoms with Gasteiger partial charge in [-0.25, -0.2) is 0 Å². The summed E-state index contributed by atoms with van der Waals surface area (Å²) in [6.07, 6.45) is 15.7. The lowest BCUT2D eigenvalue weighted by atomic mass is 10.1. The largest absolute Gasteiger partial charge is 0.0805 e. The van der Waals surface area contributed by atoms with Crippen LogP contribution in [0.5, 0.6) is 0 Å². The highest BCUT2D eigenvalue weighted by Gasteiger charge is 2.00. The summed E-state index contributed by atoms with van der Waals surface area (Å²) in [6, 6.07) is 0. The van der Waals surface area contributed by atoms with E-state index in [4.69, 9.17) is 0 Å². The predicted molar refractivity (Wildman–Crippen MR) is 77.6 cm³/mol. The smallest absolute Gasteiger partial charge is 0 e. The van der Waals surface area contributed by atoms with Crippen LogP contribution in [-0.2, 0) is 0 Å². The monoisotopic (exact) mass is 220 g/mol. The zero-order valence-electron chi connectivity index (χ0n) is 11.0. The van der Waals surface area contributed by atoms with Gasteiger partial charge < -0.3 is 0 Å². The van der Waals surface area contributed by atoms with Gasteiger partial charge in [0.2, 0.25) is 0 Å². The quantitative estimate of drug-likeness (QED) is 0.572. The Labute approximate surface area is 103 Å². The number of allylic oxidation sites excluding steroid dienone is 8. The molecule has 0 aliphatic heterocycles. The molecule has 0 amide bonds. The van der Waals surface area contributed by atoms with Crippen molar-refractivity contribution < 1.29 is 2.85 Å². The normalized spacial score (nSPS) is 17.6. The van der Waals surface area contributed by atoms with Crippen LogP contribution in [-0.4, -0.2) is 0 Å². The Bertz CT molecular complexity index is 297. The Balaban J connectivity index is 0. The first-order valence-electron chi connectivity index (χ1n) is 6.34. The molecule has 0 saturated heterocycles. The maximum absolute atomic E-state index is 2.28. The van der Waals surface area contributed by atoms with Crippen LogP contribution in [0.2, 0.25) is 0 Å². The van der Waals surface area contributed by atoms with Gasteiger partial charge in [-0.15, -0.1) is 0 Å². The molecule has 2 aliphatic carbocycles. The van der Waals surface area contributed by atoms with Crippen molar-refractivity contribution in [3.63, 3.8) is 0 Å². The summed E-state index contributed by atoms with van der Waals surface area (Å²) in [6.45, 7) is 8.89. The maximum Gasteiger partial charge on any atom is 0 e. The predicted octanol–water partition coefficient (Wildman–Crippen LogP) is 5.55. The first kappa shape index (κ1) is 13.0. The van der Waals surface area contributed by atoms with Gasteiger partial charge in [0.1, 0.15) is 0 Å². The maximum atomic E-state index is 2.28. The third-order valence-electron chi connectivity index (χ3n) is 2.93. The minimum Gasteiger partial charge on any atom is -0.0805 e. The van der Waals surface area contributed by atoms with E-state index >= 15 is 0 Å². The average molecular weight is 220 g/mol. The molecule has 0 nitrogen and oxygen atoms in total. The van der Waals surface area contributed by atoms with Crippen LogP contribution in [0.4, 0.5) is 0 Å².